The van der Waals surface area contributed by atoms with Gasteiger partial charge in [0.25, 0.3) is 5.91 Å². The quantitative estimate of drug-likeness (QED) is 0.730. The van der Waals surface area contributed by atoms with Gasteiger partial charge in [-0.3, -0.25) is 14.5 Å². The summed E-state index contributed by atoms with van der Waals surface area (Å²) in [5.41, 5.74) is 1.76. The summed E-state index contributed by atoms with van der Waals surface area (Å²) < 4.78 is 0. The van der Waals surface area contributed by atoms with E-state index in [1.165, 1.54) is 0 Å². The topological polar surface area (TPSA) is 43.9 Å². The van der Waals surface area contributed by atoms with Crippen molar-refractivity contribution in [2.45, 2.75) is 33.2 Å². The van der Waals surface area contributed by atoms with Crippen LogP contribution >= 0.6 is 11.3 Å². The summed E-state index contributed by atoms with van der Waals surface area (Å²) >= 11 is 1.54. The zero-order valence-corrected chi connectivity index (χ0v) is 16.3. The van der Waals surface area contributed by atoms with Crippen LogP contribution in [0.1, 0.15) is 37.6 Å². The molecule has 25 heavy (non-hydrogen) atoms. The lowest BCUT2D eigenvalue weighted by molar-refractivity contribution is -0.135. The maximum atomic E-state index is 12.8. The molecular weight excluding hydrogens is 334 g/mol. The monoisotopic (exact) mass is 363 g/mol. The predicted molar refractivity (Wildman–Crippen MR) is 103 cm³/mol. The van der Waals surface area contributed by atoms with Crippen LogP contribution in [0.25, 0.3) is 0 Å². The van der Waals surface area contributed by atoms with Crippen LogP contribution in [-0.4, -0.2) is 71.8 Å². The summed E-state index contributed by atoms with van der Waals surface area (Å²) in [4.78, 5) is 31.3. The number of hydrogen-bond donors (Lipinski definition) is 0. The summed E-state index contributed by atoms with van der Waals surface area (Å²) in [6.45, 7) is 14.1. The summed E-state index contributed by atoms with van der Waals surface area (Å²) in [5.74, 6) is 0.239. The first-order chi connectivity index (χ1) is 11.9. The van der Waals surface area contributed by atoms with Gasteiger partial charge in [0.05, 0.1) is 11.6 Å². The van der Waals surface area contributed by atoms with Crippen LogP contribution < -0.4 is 0 Å². The fourth-order valence-corrected chi connectivity index (χ4v) is 3.82. The SMILES string of the molecule is C=C(C)CN(CC)C(=O)C(C)N1CCCN(C(=O)c2ccsc2)CC1. The molecular formula is C19H29N3O2S. The lowest BCUT2D eigenvalue weighted by atomic mass is 10.2. The molecule has 2 amide bonds. The second-order valence-corrected chi connectivity index (χ2v) is 7.46. The Morgan fingerprint density at radius 1 is 1.32 bits per heavy atom. The molecule has 1 fully saturated rings. The maximum Gasteiger partial charge on any atom is 0.254 e. The van der Waals surface area contributed by atoms with Gasteiger partial charge in [-0.25, -0.2) is 0 Å². The molecule has 1 aliphatic heterocycles. The number of likely N-dealkylation sites (N-methyl/N-ethyl adjacent to an activating group) is 1. The lowest BCUT2D eigenvalue weighted by Crippen LogP contribution is -2.48. The van der Waals surface area contributed by atoms with Crippen molar-refractivity contribution in [2.24, 2.45) is 0 Å². The molecule has 0 bridgehead atoms. The molecule has 1 aromatic heterocycles. The van der Waals surface area contributed by atoms with Crippen molar-refractivity contribution in [1.82, 2.24) is 14.7 Å². The third-order valence-electron chi connectivity index (χ3n) is 4.65. The molecule has 1 aliphatic rings. The smallest absolute Gasteiger partial charge is 0.254 e. The van der Waals surface area contributed by atoms with Gasteiger partial charge in [-0.1, -0.05) is 12.2 Å². The average Bonchev–Trinajstić information content (AvgIpc) is 3.02. The molecule has 0 saturated carbocycles. The maximum absolute atomic E-state index is 12.8. The highest BCUT2D eigenvalue weighted by atomic mass is 32.1. The van der Waals surface area contributed by atoms with Gasteiger partial charge in [0.15, 0.2) is 0 Å². The molecule has 1 atom stereocenters. The minimum atomic E-state index is -0.171. The minimum absolute atomic E-state index is 0.0968. The first kappa shape index (κ1) is 19.7. The van der Waals surface area contributed by atoms with Crippen molar-refractivity contribution in [3.63, 3.8) is 0 Å². The highest BCUT2D eigenvalue weighted by molar-refractivity contribution is 7.08. The Bertz CT molecular complexity index is 600. The molecule has 1 unspecified atom stereocenters. The number of hydrogen-bond acceptors (Lipinski definition) is 4. The van der Waals surface area contributed by atoms with E-state index < -0.39 is 0 Å². The first-order valence-electron chi connectivity index (χ1n) is 8.92. The third-order valence-corrected chi connectivity index (χ3v) is 5.33. The second-order valence-electron chi connectivity index (χ2n) is 6.68. The zero-order chi connectivity index (χ0) is 18.4. The van der Waals surface area contributed by atoms with E-state index in [4.69, 9.17) is 0 Å². The molecule has 2 rings (SSSR count). The summed E-state index contributed by atoms with van der Waals surface area (Å²) in [7, 11) is 0. The number of carbonyl (C=O) groups is 2. The van der Waals surface area contributed by atoms with Crippen LogP contribution in [0.15, 0.2) is 29.0 Å². The Morgan fingerprint density at radius 3 is 2.68 bits per heavy atom. The zero-order valence-electron chi connectivity index (χ0n) is 15.5. The highest BCUT2D eigenvalue weighted by Crippen LogP contribution is 2.14. The molecule has 6 heteroatoms. The standard InChI is InChI=1S/C19H29N3O2S/c1-5-20(13-15(2)3)18(23)16(4)21-8-6-9-22(11-10-21)19(24)17-7-12-25-14-17/h7,12,14,16H,2,5-6,8-11,13H2,1,3-4H3. The van der Waals surface area contributed by atoms with Crippen LogP contribution in [0.3, 0.4) is 0 Å². The van der Waals surface area contributed by atoms with Gasteiger partial charge >= 0.3 is 0 Å². The van der Waals surface area contributed by atoms with Gasteiger partial charge in [0, 0.05) is 44.6 Å². The molecule has 1 saturated heterocycles. The molecule has 0 aliphatic carbocycles. The molecule has 2 heterocycles. The normalized spacial score (nSPS) is 17.0. The molecule has 1 aromatic rings. The molecule has 138 valence electrons. The third kappa shape index (κ3) is 5.16. The number of rotatable bonds is 6. The Kier molecular flexibility index (Phi) is 7.20. The lowest BCUT2D eigenvalue weighted by Gasteiger charge is -2.31. The van der Waals surface area contributed by atoms with E-state index in [1.54, 1.807) is 11.3 Å². The molecule has 5 nitrogen and oxygen atoms in total. The van der Waals surface area contributed by atoms with E-state index in [2.05, 4.69) is 11.5 Å². The van der Waals surface area contributed by atoms with E-state index in [0.717, 1.165) is 37.2 Å². The Morgan fingerprint density at radius 2 is 2.08 bits per heavy atom. The summed E-state index contributed by atoms with van der Waals surface area (Å²) in [5, 5.41) is 3.83. The van der Waals surface area contributed by atoms with Gasteiger partial charge in [-0.05, 0) is 38.6 Å². The predicted octanol–water partition coefficient (Wildman–Crippen LogP) is 2.71. The van der Waals surface area contributed by atoms with E-state index in [0.29, 0.717) is 19.6 Å². The number of nitrogens with zero attached hydrogens (tertiary/aromatic N) is 3. The number of thiophene rings is 1. The van der Waals surface area contributed by atoms with Crippen LogP contribution in [0.2, 0.25) is 0 Å². The van der Waals surface area contributed by atoms with Gasteiger partial charge < -0.3 is 9.80 Å². The molecule has 0 N–H and O–H groups in total. The van der Waals surface area contributed by atoms with E-state index in [-0.39, 0.29) is 17.9 Å². The van der Waals surface area contributed by atoms with Crippen LogP contribution in [0.5, 0.6) is 0 Å². The fraction of sp³-hybridized carbons (Fsp3) is 0.579. The van der Waals surface area contributed by atoms with Gasteiger partial charge in [0.2, 0.25) is 5.91 Å². The Balaban J connectivity index is 1.96. The van der Waals surface area contributed by atoms with Crippen molar-refractivity contribution in [3.8, 4) is 0 Å². The van der Waals surface area contributed by atoms with Gasteiger partial charge in [-0.15, -0.1) is 0 Å². The molecule has 0 aromatic carbocycles. The molecule has 0 spiro atoms. The average molecular weight is 364 g/mol. The minimum Gasteiger partial charge on any atom is -0.338 e. The van der Waals surface area contributed by atoms with Crippen LogP contribution in [-0.2, 0) is 4.79 Å². The van der Waals surface area contributed by atoms with Crippen molar-refractivity contribution in [1.29, 1.82) is 0 Å². The van der Waals surface area contributed by atoms with Crippen molar-refractivity contribution in [3.05, 3.63) is 34.5 Å². The highest BCUT2D eigenvalue weighted by Gasteiger charge is 2.28. The summed E-state index contributed by atoms with van der Waals surface area (Å²) in [6, 6.07) is 1.70. The van der Waals surface area contributed by atoms with E-state index in [1.807, 2.05) is 47.4 Å². The largest absolute Gasteiger partial charge is 0.338 e. The number of amides is 2. The van der Waals surface area contributed by atoms with E-state index in [9.17, 15) is 9.59 Å². The fourth-order valence-electron chi connectivity index (χ4n) is 3.19. The van der Waals surface area contributed by atoms with Crippen molar-refractivity contribution >= 4 is 23.2 Å². The second kappa shape index (κ2) is 9.15. The van der Waals surface area contributed by atoms with Crippen LogP contribution in [0.4, 0.5) is 0 Å². The van der Waals surface area contributed by atoms with E-state index >= 15 is 0 Å². The first-order valence-corrected chi connectivity index (χ1v) is 9.87. The number of carbonyl (C=O) groups excluding carboxylic acids is 2. The molecule has 0 radical (unpaired) electrons. The van der Waals surface area contributed by atoms with Crippen molar-refractivity contribution < 1.29 is 9.59 Å². The van der Waals surface area contributed by atoms with Gasteiger partial charge in [-0.2, -0.15) is 11.3 Å². The Labute approximate surface area is 154 Å². The van der Waals surface area contributed by atoms with Crippen LogP contribution in [0, 0.1) is 0 Å². The Hall–Kier alpha value is -1.66. The van der Waals surface area contributed by atoms with Gasteiger partial charge in [0.1, 0.15) is 0 Å². The van der Waals surface area contributed by atoms with Crippen molar-refractivity contribution in [2.75, 3.05) is 39.3 Å². The summed E-state index contributed by atoms with van der Waals surface area (Å²) in [6.07, 6.45) is 0.889.